The van der Waals surface area contributed by atoms with E-state index < -0.39 is 65.1 Å². The second-order valence-electron chi connectivity index (χ2n) is 7.82. The van der Waals surface area contributed by atoms with Crippen molar-refractivity contribution in [1.29, 1.82) is 0 Å². The predicted molar refractivity (Wildman–Crippen MR) is 105 cm³/mol. The molecule has 0 spiro atoms. The van der Waals surface area contributed by atoms with E-state index in [0.717, 1.165) is 0 Å². The fourth-order valence-electron chi connectivity index (χ4n) is 2.27. The van der Waals surface area contributed by atoms with Gasteiger partial charge < -0.3 is 0 Å². The van der Waals surface area contributed by atoms with Crippen LogP contribution in [0.4, 0.5) is 92.2 Å². The van der Waals surface area contributed by atoms with Crippen LogP contribution in [0.1, 0.15) is 5.56 Å². The van der Waals surface area contributed by atoms with Gasteiger partial charge in [-0.25, -0.2) is 0 Å². The molecule has 1 aromatic rings. The summed E-state index contributed by atoms with van der Waals surface area (Å²) >= 11 is 12.6. The Morgan fingerprint density at radius 2 is 0.643 bits per heavy atom. The second kappa shape index (κ2) is 11.3. The predicted octanol–water partition coefficient (Wildman–Crippen LogP) is 10.5. The zero-order chi connectivity index (χ0) is 34.6. The number of hydrogen-bond acceptors (Lipinski definition) is 0. The summed E-state index contributed by atoms with van der Waals surface area (Å²) in [6.45, 7) is 2.08. The summed E-state index contributed by atoms with van der Waals surface area (Å²) in [7, 11) is 0. The third-order valence-corrected chi connectivity index (χ3v) is 7.97. The molecule has 0 saturated heterocycles. The Bertz CT molecular complexity index is 998. The summed E-state index contributed by atoms with van der Waals surface area (Å²) in [6, 6.07) is 3.43. The van der Waals surface area contributed by atoms with Crippen molar-refractivity contribution in [2.45, 2.75) is 66.0 Å². The highest BCUT2D eigenvalue weighted by atomic mass is 35.8. The molecule has 0 aromatic heterocycles. The summed E-state index contributed by atoms with van der Waals surface area (Å²) in [4.78, 5) is 0. The van der Waals surface area contributed by atoms with Crippen LogP contribution in [0.2, 0.25) is 0 Å². The molecule has 0 nitrogen and oxygen atoms in total. The van der Waals surface area contributed by atoms with Gasteiger partial charge in [-0.05, 0) is 6.92 Å². The maximum Gasteiger partial charge on any atom is 0.460 e. The third-order valence-electron chi connectivity index (χ3n) is 4.81. The quantitative estimate of drug-likeness (QED) is 0.134. The molecule has 1 aromatic carbocycles. The maximum atomic E-state index is 13.4. The summed E-state index contributed by atoms with van der Waals surface area (Å²) < 4.78 is 274. The Morgan fingerprint density at radius 3 is 0.833 bits per heavy atom. The van der Waals surface area contributed by atoms with Gasteiger partial charge >= 0.3 is 65.1 Å². The second-order valence-corrected chi connectivity index (χ2v) is 16.3. The van der Waals surface area contributed by atoms with Crippen molar-refractivity contribution in [3.05, 3.63) is 35.9 Å². The summed E-state index contributed by atoms with van der Waals surface area (Å²) in [5, 5.41) is 0. The minimum Gasteiger partial charge on any atom is -0.200 e. The monoisotopic (exact) mass is 744 g/mol. The van der Waals surface area contributed by atoms with Crippen LogP contribution in [0, 0.1) is 6.92 Å². The first-order valence-electron chi connectivity index (χ1n) is 9.45. The number of hydrogen-bond donors (Lipinski definition) is 0. The molecule has 0 fully saturated rings. The Kier molecular flexibility index (Phi) is 11.0. The van der Waals surface area contributed by atoms with Gasteiger partial charge in [0.25, 0.3) is 0 Å². The number of alkyl halides is 21. The Balaban J connectivity index is 0.00000207. The van der Waals surface area contributed by atoms with Gasteiger partial charge in [0, 0.05) is 0 Å². The lowest BCUT2D eigenvalue weighted by molar-refractivity contribution is -0.472. The van der Waals surface area contributed by atoms with Crippen LogP contribution in [0.3, 0.4) is 0 Å². The minimum absolute atomic E-state index is 1.32. The van der Waals surface area contributed by atoms with Crippen molar-refractivity contribution in [2.24, 2.45) is 0 Å². The molecule has 25 heteroatoms. The van der Waals surface area contributed by atoms with Gasteiger partial charge in [0.15, 0.2) is 0 Å². The van der Waals surface area contributed by atoms with Crippen molar-refractivity contribution >= 4 is 39.2 Å². The van der Waals surface area contributed by atoms with Crippen LogP contribution in [0.5, 0.6) is 0 Å². The first kappa shape index (κ1) is 40.8. The average Bonchev–Trinajstić information content (AvgIpc) is 2.77. The Hall–Kier alpha value is -1.16. The van der Waals surface area contributed by atoms with Crippen molar-refractivity contribution in [3.63, 3.8) is 0 Å². The van der Waals surface area contributed by atoms with Crippen LogP contribution < -0.4 is 0 Å². The highest BCUT2D eigenvalue weighted by Gasteiger charge is 2.98. The summed E-state index contributed by atoms with van der Waals surface area (Å²) in [5.74, 6) is -71.0. The van der Waals surface area contributed by atoms with Gasteiger partial charge in [0.1, 0.15) is 0 Å². The van der Waals surface area contributed by atoms with E-state index in [2.05, 4.69) is 52.3 Å². The molecule has 0 aliphatic carbocycles. The highest BCUT2D eigenvalue weighted by Crippen LogP contribution is 2.67. The van der Waals surface area contributed by atoms with Gasteiger partial charge in [0.05, 0.1) is 0 Å². The molecule has 0 atom stereocenters. The van der Waals surface area contributed by atoms with Crippen molar-refractivity contribution in [1.82, 2.24) is 0 Å². The van der Waals surface area contributed by atoms with Crippen molar-refractivity contribution < 1.29 is 92.2 Å². The van der Waals surface area contributed by atoms with E-state index in [1.165, 1.54) is 5.56 Å². The van der Waals surface area contributed by atoms with E-state index in [9.17, 15) is 92.2 Å². The topological polar surface area (TPSA) is 0 Å². The summed E-state index contributed by atoms with van der Waals surface area (Å²) in [5.41, 5.74) is -5.83. The van der Waals surface area contributed by atoms with E-state index in [1.807, 2.05) is 18.2 Å². The van der Waals surface area contributed by atoms with Crippen LogP contribution >= 0.6 is 33.2 Å². The van der Waals surface area contributed by atoms with Gasteiger partial charge in [-0.2, -0.15) is 92.2 Å². The fraction of sp³-hybridized carbons (Fsp3) is 0.647. The van der Waals surface area contributed by atoms with Gasteiger partial charge in [-0.3, -0.25) is 0 Å². The van der Waals surface area contributed by atoms with Crippen molar-refractivity contribution in [3.8, 4) is 0 Å². The smallest absolute Gasteiger partial charge is 0.200 e. The molecule has 0 unspecified atom stereocenters. The molecule has 248 valence electrons. The number of benzene rings is 1. The summed E-state index contributed by atoms with van der Waals surface area (Å²) in [6.07, 6.45) is -8.03. The first-order chi connectivity index (χ1) is 17.9. The molecule has 0 N–H and O–H groups in total. The molecular formula is C17H8Cl3F21Si. The largest absolute Gasteiger partial charge is 0.460 e. The Labute approximate surface area is 233 Å². The van der Waals surface area contributed by atoms with Crippen LogP contribution in [-0.4, -0.2) is 65.1 Å². The van der Waals surface area contributed by atoms with Crippen LogP contribution in [-0.2, 0) is 0 Å². The molecule has 0 aliphatic heterocycles. The molecular weight excluding hydrogens is 738 g/mol. The zero-order valence-corrected chi connectivity index (χ0v) is 22.2. The molecule has 0 saturated carbocycles. The molecule has 0 aliphatic rings. The number of halogens is 24. The lowest BCUT2D eigenvalue weighted by atomic mass is 9.87. The standard InChI is InChI=1S/C10Cl3F21Si.C7H8/c11-35(12,13)10(33,34)8(28,29)6(24,25)4(20,21)2(16,17)1(14,15)3(18,19)5(22,23)7(26,27)9(30,31)32;1-7-5-3-2-4-6-7/h;2-6H,1H3. The lowest BCUT2D eigenvalue weighted by Crippen LogP contribution is -2.77. The SMILES string of the molecule is Cc1ccccc1.FC(F)(F)C(F)(F)C(F)(F)C(F)(F)C(F)(F)C(F)(F)C(F)(F)C(F)(F)C(F)(F)C(F)(F)[Si](Cl)(Cl)Cl. The number of rotatable bonds is 9. The normalized spacial score (nSPS) is 15.7. The molecule has 0 heterocycles. The maximum absolute atomic E-state index is 13.4. The van der Waals surface area contributed by atoms with Crippen LogP contribution in [0.15, 0.2) is 30.3 Å². The zero-order valence-electron chi connectivity index (χ0n) is 19.0. The molecule has 0 amide bonds. The van der Waals surface area contributed by atoms with Crippen LogP contribution in [0.25, 0.3) is 0 Å². The van der Waals surface area contributed by atoms with E-state index in [0.29, 0.717) is 0 Å². The molecule has 0 bridgehead atoms. The van der Waals surface area contributed by atoms with E-state index in [-0.39, 0.29) is 0 Å². The van der Waals surface area contributed by atoms with E-state index in [4.69, 9.17) is 0 Å². The van der Waals surface area contributed by atoms with Gasteiger partial charge in [0.2, 0.25) is 0 Å². The minimum atomic E-state index is -9.23. The number of aryl methyl sites for hydroxylation is 1. The lowest BCUT2D eigenvalue weighted by Gasteiger charge is -2.45. The van der Waals surface area contributed by atoms with Gasteiger partial charge in [-0.1, -0.05) is 35.9 Å². The molecule has 1 rings (SSSR count). The van der Waals surface area contributed by atoms with Crippen molar-refractivity contribution in [2.75, 3.05) is 0 Å². The third kappa shape index (κ3) is 5.93. The van der Waals surface area contributed by atoms with Gasteiger partial charge in [-0.15, -0.1) is 33.2 Å². The first-order valence-corrected chi connectivity index (χ1v) is 14.5. The fourth-order valence-corrected chi connectivity index (χ4v) is 3.85. The average molecular weight is 746 g/mol. The van der Waals surface area contributed by atoms with E-state index in [1.54, 1.807) is 0 Å². The van der Waals surface area contributed by atoms with E-state index >= 15 is 0 Å². The Morgan fingerprint density at radius 1 is 0.405 bits per heavy atom. The molecule has 0 radical (unpaired) electrons. The highest BCUT2D eigenvalue weighted by molar-refractivity contribution is 7.65. The molecule has 42 heavy (non-hydrogen) atoms.